The van der Waals surface area contributed by atoms with E-state index in [2.05, 4.69) is 5.32 Å². The summed E-state index contributed by atoms with van der Waals surface area (Å²) in [6.45, 7) is 2.19. The number of hydrogen-bond donors (Lipinski definition) is 3. The molecule has 1 rings (SSSR count). The molecule has 66 valence electrons. The molecule has 0 aromatic carbocycles. The van der Waals surface area contributed by atoms with Gasteiger partial charge in [-0.15, -0.1) is 0 Å². The lowest BCUT2D eigenvalue weighted by molar-refractivity contribution is -0.0589. The first-order valence-corrected chi connectivity index (χ1v) is 3.96. The molecule has 3 N–H and O–H groups in total. The molecule has 11 heavy (non-hydrogen) atoms. The molecular weight excluding hydrogens is 146 g/mol. The minimum absolute atomic E-state index is 0.0149. The summed E-state index contributed by atoms with van der Waals surface area (Å²) < 4.78 is 5.27. The number of rotatable bonds is 3. The third-order valence-electron chi connectivity index (χ3n) is 1.81. The summed E-state index contributed by atoms with van der Waals surface area (Å²) in [5, 5.41) is 21.0. The largest absolute Gasteiger partial charge is 0.396 e. The van der Waals surface area contributed by atoms with Gasteiger partial charge in [-0.05, 0) is 6.42 Å². The molecule has 1 aliphatic rings. The van der Waals surface area contributed by atoms with Crippen LogP contribution in [0.15, 0.2) is 0 Å². The van der Waals surface area contributed by atoms with Crippen LogP contribution in [-0.2, 0) is 4.74 Å². The Morgan fingerprint density at radius 1 is 1.64 bits per heavy atom. The van der Waals surface area contributed by atoms with Crippen molar-refractivity contribution in [1.29, 1.82) is 0 Å². The van der Waals surface area contributed by atoms with Crippen LogP contribution >= 0.6 is 0 Å². The minimum Gasteiger partial charge on any atom is -0.396 e. The van der Waals surface area contributed by atoms with Gasteiger partial charge in [-0.25, -0.2) is 0 Å². The molecular formula is C7H15NO3. The van der Waals surface area contributed by atoms with E-state index in [9.17, 15) is 5.11 Å². The number of morpholine rings is 1. The molecule has 0 bridgehead atoms. The molecule has 0 aliphatic carbocycles. The number of hydrogen-bond acceptors (Lipinski definition) is 4. The number of aliphatic hydroxyl groups excluding tert-OH is 2. The Balaban J connectivity index is 2.21. The molecule has 2 atom stereocenters. The van der Waals surface area contributed by atoms with Gasteiger partial charge in [0, 0.05) is 19.7 Å². The van der Waals surface area contributed by atoms with Gasteiger partial charge in [-0.2, -0.15) is 0 Å². The maximum Gasteiger partial charge on any atom is 0.0959 e. The molecule has 0 aromatic rings. The molecule has 0 radical (unpaired) electrons. The molecule has 1 aliphatic heterocycles. The predicted octanol–water partition coefficient (Wildman–Crippen LogP) is -1.28. The van der Waals surface area contributed by atoms with E-state index in [-0.39, 0.29) is 12.7 Å². The van der Waals surface area contributed by atoms with E-state index in [4.69, 9.17) is 9.84 Å². The van der Waals surface area contributed by atoms with E-state index in [1.807, 2.05) is 0 Å². The Bertz CT molecular complexity index is 104. The molecule has 1 saturated heterocycles. The smallest absolute Gasteiger partial charge is 0.0959 e. The zero-order valence-corrected chi connectivity index (χ0v) is 6.49. The molecule has 4 heteroatoms. The van der Waals surface area contributed by atoms with Crippen molar-refractivity contribution < 1.29 is 14.9 Å². The van der Waals surface area contributed by atoms with Crippen LogP contribution in [0.4, 0.5) is 0 Å². The number of aliphatic hydroxyl groups is 2. The normalized spacial score (nSPS) is 28.4. The zero-order chi connectivity index (χ0) is 8.10. The summed E-state index contributed by atoms with van der Waals surface area (Å²) in [6, 6.07) is 0. The lowest BCUT2D eigenvalue weighted by Gasteiger charge is -2.27. The van der Waals surface area contributed by atoms with Gasteiger partial charge in [-0.3, -0.25) is 0 Å². The first-order chi connectivity index (χ1) is 5.34. The van der Waals surface area contributed by atoms with Crippen molar-refractivity contribution in [1.82, 2.24) is 5.32 Å². The Hall–Kier alpha value is -0.160. The van der Waals surface area contributed by atoms with Gasteiger partial charge in [0.2, 0.25) is 0 Å². The Morgan fingerprint density at radius 3 is 3.00 bits per heavy atom. The Kier molecular flexibility index (Phi) is 3.79. The van der Waals surface area contributed by atoms with Crippen molar-refractivity contribution in [3.05, 3.63) is 0 Å². The van der Waals surface area contributed by atoms with E-state index >= 15 is 0 Å². The second-order valence-electron chi connectivity index (χ2n) is 2.69. The monoisotopic (exact) mass is 161 g/mol. The van der Waals surface area contributed by atoms with Gasteiger partial charge in [0.25, 0.3) is 0 Å². The van der Waals surface area contributed by atoms with Gasteiger partial charge >= 0.3 is 0 Å². The van der Waals surface area contributed by atoms with Crippen LogP contribution in [0, 0.1) is 0 Å². The maximum atomic E-state index is 9.35. The van der Waals surface area contributed by atoms with Crippen molar-refractivity contribution in [3.63, 3.8) is 0 Å². The fourth-order valence-corrected chi connectivity index (χ4v) is 1.15. The fraction of sp³-hybridized carbons (Fsp3) is 1.00. The van der Waals surface area contributed by atoms with Gasteiger partial charge in [0.15, 0.2) is 0 Å². The van der Waals surface area contributed by atoms with Crippen LogP contribution in [0.5, 0.6) is 0 Å². The number of ether oxygens (including phenoxy) is 1. The summed E-state index contributed by atoms with van der Waals surface area (Å²) in [7, 11) is 0. The molecule has 0 amide bonds. The molecule has 1 fully saturated rings. The van der Waals surface area contributed by atoms with Crippen LogP contribution in [0.2, 0.25) is 0 Å². The van der Waals surface area contributed by atoms with Crippen LogP contribution in [-0.4, -0.2) is 48.7 Å². The highest BCUT2D eigenvalue weighted by Gasteiger charge is 2.21. The van der Waals surface area contributed by atoms with Gasteiger partial charge in [0.1, 0.15) is 0 Å². The first-order valence-electron chi connectivity index (χ1n) is 3.96. The topological polar surface area (TPSA) is 61.7 Å². The van der Waals surface area contributed by atoms with E-state index in [1.54, 1.807) is 0 Å². The van der Waals surface area contributed by atoms with E-state index in [0.717, 1.165) is 6.54 Å². The summed E-state index contributed by atoms with van der Waals surface area (Å²) in [6.07, 6.45) is -0.282. The molecule has 0 spiro atoms. The van der Waals surface area contributed by atoms with Gasteiger partial charge in [-0.1, -0.05) is 0 Å². The highest BCUT2D eigenvalue weighted by atomic mass is 16.5. The minimum atomic E-state index is -0.534. The van der Waals surface area contributed by atoms with Crippen LogP contribution in [0.25, 0.3) is 0 Å². The lowest BCUT2D eigenvalue weighted by atomic mass is 10.1. The van der Waals surface area contributed by atoms with Crippen molar-refractivity contribution in [2.45, 2.75) is 18.6 Å². The van der Waals surface area contributed by atoms with Crippen molar-refractivity contribution in [2.75, 3.05) is 26.3 Å². The molecule has 2 unspecified atom stereocenters. The third kappa shape index (κ3) is 2.75. The first kappa shape index (κ1) is 8.93. The molecule has 4 nitrogen and oxygen atoms in total. The van der Waals surface area contributed by atoms with Crippen LogP contribution in [0.1, 0.15) is 6.42 Å². The molecule has 1 heterocycles. The lowest BCUT2D eigenvalue weighted by Crippen LogP contribution is -2.45. The SMILES string of the molecule is OCCC(O)C1CNCCO1. The van der Waals surface area contributed by atoms with E-state index in [1.165, 1.54) is 0 Å². The average molecular weight is 161 g/mol. The molecule has 0 aromatic heterocycles. The summed E-state index contributed by atoms with van der Waals surface area (Å²) in [4.78, 5) is 0. The third-order valence-corrected chi connectivity index (χ3v) is 1.81. The van der Waals surface area contributed by atoms with Gasteiger partial charge < -0.3 is 20.3 Å². The van der Waals surface area contributed by atoms with Crippen molar-refractivity contribution in [3.8, 4) is 0 Å². The highest BCUT2D eigenvalue weighted by molar-refractivity contribution is 4.74. The van der Waals surface area contributed by atoms with Gasteiger partial charge in [0.05, 0.1) is 18.8 Å². The summed E-state index contributed by atoms with van der Waals surface area (Å²) in [5.41, 5.74) is 0. The van der Waals surface area contributed by atoms with Crippen molar-refractivity contribution >= 4 is 0 Å². The zero-order valence-electron chi connectivity index (χ0n) is 6.49. The maximum absolute atomic E-state index is 9.35. The van der Waals surface area contributed by atoms with Crippen LogP contribution < -0.4 is 5.32 Å². The number of nitrogens with one attached hydrogen (secondary N) is 1. The van der Waals surface area contributed by atoms with Crippen molar-refractivity contribution in [2.24, 2.45) is 0 Å². The Labute approximate surface area is 66.2 Å². The Morgan fingerprint density at radius 2 is 2.45 bits per heavy atom. The second-order valence-corrected chi connectivity index (χ2v) is 2.69. The summed E-state index contributed by atoms with van der Waals surface area (Å²) >= 11 is 0. The second kappa shape index (κ2) is 4.66. The summed E-state index contributed by atoms with van der Waals surface area (Å²) in [5.74, 6) is 0. The molecule has 0 saturated carbocycles. The highest BCUT2D eigenvalue weighted by Crippen LogP contribution is 2.04. The van der Waals surface area contributed by atoms with Crippen LogP contribution in [0.3, 0.4) is 0 Å². The van der Waals surface area contributed by atoms with E-state index in [0.29, 0.717) is 19.6 Å². The predicted molar refractivity (Wildman–Crippen MR) is 40.3 cm³/mol. The van der Waals surface area contributed by atoms with E-state index < -0.39 is 6.10 Å². The fourth-order valence-electron chi connectivity index (χ4n) is 1.15. The quantitative estimate of drug-likeness (QED) is 0.482. The average Bonchev–Trinajstić information content (AvgIpc) is 2.07. The standard InChI is InChI=1S/C7H15NO3/c9-3-1-6(10)7-5-8-2-4-11-7/h6-10H,1-5H2.